The van der Waals surface area contributed by atoms with E-state index < -0.39 is 16.1 Å². The van der Waals surface area contributed by atoms with Crippen LogP contribution in [0, 0.1) is 16.9 Å². The van der Waals surface area contributed by atoms with E-state index in [4.69, 9.17) is 0 Å². The number of benzene rings is 1. The summed E-state index contributed by atoms with van der Waals surface area (Å²) in [6.07, 6.45) is 5.58. The molecule has 7 nitrogen and oxygen atoms in total. The van der Waals surface area contributed by atoms with Gasteiger partial charge >= 0.3 is 0 Å². The van der Waals surface area contributed by atoms with E-state index in [9.17, 15) is 18.5 Å². The molecule has 2 unspecified atom stereocenters. The maximum absolute atomic E-state index is 12.6. The monoisotopic (exact) mass is 378 g/mol. The number of carbonyl (C=O) groups is 1. The molecular formula is C18H26N4O3S. The fourth-order valence-electron chi connectivity index (χ4n) is 3.26. The standard InChI is InChI=1S/C18H26N4O3S/c1-18(2,3)11-15-9-10-16(22(15)12-19)17(23)20-13-5-7-14(8-6-13)21-26(4,24)25/h5-8,15-16,21H,9-11H2,1-4H3,(H,20,23). The van der Waals surface area contributed by atoms with E-state index >= 15 is 0 Å². The molecule has 0 radical (unpaired) electrons. The number of sulfonamides is 1. The molecule has 0 aromatic heterocycles. The molecule has 1 aliphatic heterocycles. The van der Waals surface area contributed by atoms with Crippen molar-refractivity contribution in [2.24, 2.45) is 5.41 Å². The van der Waals surface area contributed by atoms with Crippen molar-refractivity contribution in [3.63, 3.8) is 0 Å². The van der Waals surface area contributed by atoms with Crippen LogP contribution in [-0.4, -0.2) is 37.6 Å². The average molecular weight is 378 g/mol. The Hall–Kier alpha value is -2.27. The van der Waals surface area contributed by atoms with Gasteiger partial charge in [-0.25, -0.2) is 8.42 Å². The highest BCUT2D eigenvalue weighted by Gasteiger charge is 2.38. The molecule has 1 aromatic carbocycles. The number of amides is 1. The molecule has 0 aliphatic carbocycles. The predicted molar refractivity (Wildman–Crippen MR) is 102 cm³/mol. The predicted octanol–water partition coefficient (Wildman–Crippen LogP) is 2.75. The topological polar surface area (TPSA) is 102 Å². The van der Waals surface area contributed by atoms with Crippen LogP contribution in [0.3, 0.4) is 0 Å². The molecule has 1 saturated heterocycles. The van der Waals surface area contributed by atoms with E-state index in [-0.39, 0.29) is 17.4 Å². The Bertz CT molecular complexity index is 791. The van der Waals surface area contributed by atoms with E-state index in [1.165, 1.54) is 0 Å². The lowest BCUT2D eigenvalue weighted by molar-refractivity contribution is -0.119. The van der Waals surface area contributed by atoms with Gasteiger partial charge in [-0.1, -0.05) is 20.8 Å². The second-order valence-electron chi connectivity index (χ2n) is 7.96. The Kier molecular flexibility index (Phi) is 5.81. The first-order chi connectivity index (χ1) is 12.0. The Labute approximate surface area is 155 Å². The Morgan fingerprint density at radius 2 is 1.81 bits per heavy atom. The number of rotatable bonds is 5. The molecule has 1 heterocycles. The minimum Gasteiger partial charge on any atom is -0.324 e. The maximum atomic E-state index is 12.6. The fraction of sp³-hybridized carbons (Fsp3) is 0.556. The van der Waals surface area contributed by atoms with Crippen LogP contribution in [0.5, 0.6) is 0 Å². The Morgan fingerprint density at radius 3 is 2.31 bits per heavy atom. The van der Waals surface area contributed by atoms with Gasteiger partial charge in [-0.2, -0.15) is 5.26 Å². The van der Waals surface area contributed by atoms with Crippen molar-refractivity contribution in [1.82, 2.24) is 4.90 Å². The van der Waals surface area contributed by atoms with E-state index in [0.29, 0.717) is 17.8 Å². The van der Waals surface area contributed by atoms with Gasteiger partial charge in [0.15, 0.2) is 6.19 Å². The fourth-order valence-corrected chi connectivity index (χ4v) is 3.82. The molecule has 0 spiro atoms. The summed E-state index contributed by atoms with van der Waals surface area (Å²) in [6, 6.07) is 6.03. The maximum Gasteiger partial charge on any atom is 0.247 e. The Balaban J connectivity index is 2.02. The minimum absolute atomic E-state index is 0.0806. The number of nitrogens with one attached hydrogen (secondary N) is 2. The van der Waals surface area contributed by atoms with E-state index in [1.807, 2.05) is 0 Å². The van der Waals surface area contributed by atoms with Crippen LogP contribution in [-0.2, 0) is 14.8 Å². The highest BCUT2D eigenvalue weighted by Crippen LogP contribution is 2.33. The van der Waals surface area contributed by atoms with Crippen LogP contribution >= 0.6 is 0 Å². The van der Waals surface area contributed by atoms with Crippen molar-refractivity contribution in [3.8, 4) is 6.19 Å². The SMILES string of the molecule is CC(C)(C)CC1CCC(C(=O)Nc2ccc(NS(C)(=O)=O)cc2)N1C#N. The summed E-state index contributed by atoms with van der Waals surface area (Å²) in [7, 11) is -3.34. The van der Waals surface area contributed by atoms with Crippen LogP contribution in [0.25, 0.3) is 0 Å². The number of carbonyl (C=O) groups excluding carboxylic acids is 1. The summed E-state index contributed by atoms with van der Waals surface area (Å²) >= 11 is 0. The zero-order valence-electron chi connectivity index (χ0n) is 15.6. The summed E-state index contributed by atoms with van der Waals surface area (Å²) in [5.74, 6) is -0.216. The van der Waals surface area contributed by atoms with Gasteiger partial charge in [-0.05, 0) is 48.9 Å². The molecule has 2 rings (SSSR count). The molecule has 1 aliphatic rings. The first kappa shape index (κ1) is 20.0. The third-order valence-electron chi connectivity index (χ3n) is 4.22. The van der Waals surface area contributed by atoms with Gasteiger partial charge in [0.2, 0.25) is 15.9 Å². The highest BCUT2D eigenvalue weighted by molar-refractivity contribution is 7.92. The first-order valence-corrected chi connectivity index (χ1v) is 10.4. The highest BCUT2D eigenvalue weighted by atomic mass is 32.2. The Morgan fingerprint density at radius 1 is 1.23 bits per heavy atom. The van der Waals surface area contributed by atoms with Gasteiger partial charge in [0.25, 0.3) is 0 Å². The second kappa shape index (κ2) is 7.54. The summed E-state index contributed by atoms with van der Waals surface area (Å²) in [5.41, 5.74) is 1.08. The number of nitrogens with zero attached hydrogens (tertiary/aromatic N) is 2. The molecule has 1 aromatic rings. The van der Waals surface area contributed by atoms with Gasteiger partial charge in [-0.3, -0.25) is 14.4 Å². The molecular weight excluding hydrogens is 352 g/mol. The number of likely N-dealkylation sites (tertiary alicyclic amines) is 1. The lowest BCUT2D eigenvalue weighted by atomic mass is 9.87. The number of hydrogen-bond acceptors (Lipinski definition) is 5. The second-order valence-corrected chi connectivity index (χ2v) is 9.71. The normalized spacial score (nSPS) is 20.5. The molecule has 2 N–H and O–H groups in total. The molecule has 26 heavy (non-hydrogen) atoms. The van der Waals surface area contributed by atoms with Crippen molar-refractivity contribution >= 4 is 27.3 Å². The molecule has 0 bridgehead atoms. The number of anilines is 2. The summed E-state index contributed by atoms with van der Waals surface area (Å²) < 4.78 is 24.8. The van der Waals surface area contributed by atoms with Crippen LogP contribution in [0.4, 0.5) is 11.4 Å². The third-order valence-corrected chi connectivity index (χ3v) is 4.83. The van der Waals surface area contributed by atoms with Crippen LogP contribution in [0.1, 0.15) is 40.0 Å². The molecule has 1 amide bonds. The lowest BCUT2D eigenvalue weighted by Gasteiger charge is -2.29. The molecule has 0 saturated carbocycles. The van der Waals surface area contributed by atoms with E-state index in [0.717, 1.165) is 19.1 Å². The van der Waals surface area contributed by atoms with Crippen molar-refractivity contribution in [3.05, 3.63) is 24.3 Å². The first-order valence-electron chi connectivity index (χ1n) is 8.55. The average Bonchev–Trinajstić information content (AvgIpc) is 2.88. The van der Waals surface area contributed by atoms with Crippen LogP contribution in [0.15, 0.2) is 24.3 Å². The zero-order chi connectivity index (χ0) is 19.5. The number of hydrogen-bond donors (Lipinski definition) is 2. The number of nitriles is 1. The van der Waals surface area contributed by atoms with E-state index in [2.05, 4.69) is 37.0 Å². The van der Waals surface area contributed by atoms with E-state index in [1.54, 1.807) is 29.2 Å². The molecule has 1 fully saturated rings. The van der Waals surface area contributed by atoms with Gasteiger partial charge in [0.05, 0.1) is 6.26 Å². The quantitative estimate of drug-likeness (QED) is 0.767. The van der Waals surface area contributed by atoms with Gasteiger partial charge in [0, 0.05) is 17.4 Å². The lowest BCUT2D eigenvalue weighted by Crippen LogP contribution is -2.41. The van der Waals surface area contributed by atoms with Crippen LogP contribution < -0.4 is 10.0 Å². The molecule has 8 heteroatoms. The van der Waals surface area contributed by atoms with Crippen molar-refractivity contribution in [2.45, 2.75) is 52.1 Å². The summed E-state index contributed by atoms with van der Waals surface area (Å²) in [4.78, 5) is 14.2. The largest absolute Gasteiger partial charge is 0.324 e. The third kappa shape index (κ3) is 5.63. The van der Waals surface area contributed by atoms with Crippen LogP contribution in [0.2, 0.25) is 0 Å². The molecule has 2 atom stereocenters. The summed E-state index contributed by atoms with van der Waals surface area (Å²) in [6.45, 7) is 6.38. The van der Waals surface area contributed by atoms with Gasteiger partial charge < -0.3 is 5.32 Å². The summed E-state index contributed by atoms with van der Waals surface area (Å²) in [5, 5.41) is 12.3. The zero-order valence-corrected chi connectivity index (χ0v) is 16.4. The van der Waals surface area contributed by atoms with Crippen molar-refractivity contribution in [2.75, 3.05) is 16.3 Å². The molecule has 142 valence electrons. The van der Waals surface area contributed by atoms with Crippen molar-refractivity contribution < 1.29 is 13.2 Å². The van der Waals surface area contributed by atoms with Gasteiger partial charge in [0.1, 0.15) is 6.04 Å². The minimum atomic E-state index is -3.34. The van der Waals surface area contributed by atoms with Crippen molar-refractivity contribution in [1.29, 1.82) is 5.26 Å². The smallest absolute Gasteiger partial charge is 0.247 e. The van der Waals surface area contributed by atoms with Gasteiger partial charge in [-0.15, -0.1) is 0 Å².